The van der Waals surface area contributed by atoms with Gasteiger partial charge in [-0.15, -0.1) is 0 Å². The van der Waals surface area contributed by atoms with Crippen molar-refractivity contribution in [2.24, 2.45) is 0 Å². The molecule has 9 heteroatoms. The van der Waals surface area contributed by atoms with Crippen LogP contribution in [0.3, 0.4) is 0 Å². The second-order valence-electron chi connectivity index (χ2n) is 5.32. The Morgan fingerprint density at radius 3 is 2.33 bits per heavy atom. The number of nitrogens with zero attached hydrogens (tertiary/aromatic N) is 4. The number of sulfonamides is 1. The SMILES string of the molecule is O=CN1CCN(c2ccc(S(=O)(=O)Nc3ccncn3)cc2)CC1. The smallest absolute Gasteiger partial charge is 0.263 e. The quantitative estimate of drug-likeness (QED) is 0.794. The fraction of sp³-hybridized carbons (Fsp3) is 0.267. The molecule has 0 radical (unpaired) electrons. The van der Waals surface area contributed by atoms with Crippen molar-refractivity contribution in [2.45, 2.75) is 4.90 Å². The summed E-state index contributed by atoms with van der Waals surface area (Å²) in [4.78, 5) is 22.3. The average Bonchev–Trinajstić information content (AvgIpc) is 2.62. The van der Waals surface area contributed by atoms with Gasteiger partial charge in [-0.2, -0.15) is 0 Å². The van der Waals surface area contributed by atoms with E-state index in [0.717, 1.165) is 25.2 Å². The molecule has 8 nitrogen and oxygen atoms in total. The summed E-state index contributed by atoms with van der Waals surface area (Å²) in [7, 11) is -3.69. The number of carbonyl (C=O) groups is 1. The molecule has 3 rings (SSSR count). The summed E-state index contributed by atoms with van der Waals surface area (Å²) in [6.45, 7) is 2.78. The summed E-state index contributed by atoms with van der Waals surface area (Å²) in [6, 6.07) is 8.14. The molecule has 1 aromatic carbocycles. The van der Waals surface area contributed by atoms with Crippen LogP contribution in [0.5, 0.6) is 0 Å². The predicted octanol–water partition coefficient (Wildman–Crippen LogP) is 0.556. The van der Waals surface area contributed by atoms with Crippen LogP contribution in [-0.2, 0) is 14.8 Å². The molecular weight excluding hydrogens is 330 g/mol. The standard InChI is InChI=1S/C15H17N5O3S/c21-12-19-7-9-20(10-8-19)13-1-3-14(4-2-13)24(22,23)18-15-5-6-16-11-17-15/h1-6,11-12H,7-10H2,(H,16,17,18). The molecule has 2 heterocycles. The first kappa shape index (κ1) is 16.2. The number of carbonyl (C=O) groups excluding carboxylic acids is 1. The van der Waals surface area contributed by atoms with Gasteiger partial charge in [0.05, 0.1) is 4.90 Å². The van der Waals surface area contributed by atoms with Crippen LogP contribution in [0, 0.1) is 0 Å². The van der Waals surface area contributed by atoms with Crippen LogP contribution in [0.2, 0.25) is 0 Å². The van der Waals surface area contributed by atoms with E-state index in [4.69, 9.17) is 0 Å². The first-order valence-electron chi connectivity index (χ1n) is 7.42. The third kappa shape index (κ3) is 3.62. The van der Waals surface area contributed by atoms with Gasteiger partial charge in [0.2, 0.25) is 6.41 Å². The van der Waals surface area contributed by atoms with Gasteiger partial charge in [-0.05, 0) is 30.3 Å². The van der Waals surface area contributed by atoms with Crippen molar-refractivity contribution in [3.63, 3.8) is 0 Å². The van der Waals surface area contributed by atoms with Crippen molar-refractivity contribution in [2.75, 3.05) is 35.8 Å². The molecule has 1 N–H and O–H groups in total. The van der Waals surface area contributed by atoms with Crippen molar-refractivity contribution in [1.82, 2.24) is 14.9 Å². The second kappa shape index (κ2) is 6.83. The fourth-order valence-electron chi connectivity index (χ4n) is 2.47. The van der Waals surface area contributed by atoms with E-state index in [1.54, 1.807) is 29.2 Å². The molecule has 1 saturated heterocycles. The highest BCUT2D eigenvalue weighted by molar-refractivity contribution is 7.92. The molecule has 0 bridgehead atoms. The summed E-state index contributed by atoms with van der Waals surface area (Å²) >= 11 is 0. The van der Waals surface area contributed by atoms with Crippen LogP contribution in [0.4, 0.5) is 11.5 Å². The van der Waals surface area contributed by atoms with Gasteiger partial charge in [0, 0.05) is 38.1 Å². The minimum Gasteiger partial charge on any atom is -0.368 e. The van der Waals surface area contributed by atoms with Gasteiger partial charge in [0.1, 0.15) is 12.1 Å². The minimum absolute atomic E-state index is 0.163. The molecule has 1 amide bonds. The maximum absolute atomic E-state index is 12.3. The topological polar surface area (TPSA) is 95.5 Å². The Bertz CT molecular complexity index is 788. The summed E-state index contributed by atoms with van der Waals surface area (Å²) in [5.41, 5.74) is 0.932. The first-order valence-corrected chi connectivity index (χ1v) is 8.90. The van der Waals surface area contributed by atoms with Crippen LogP contribution in [0.1, 0.15) is 0 Å². The molecular formula is C15H17N5O3S. The van der Waals surface area contributed by atoms with Crippen molar-refractivity contribution in [3.8, 4) is 0 Å². The molecule has 0 atom stereocenters. The Labute approximate surface area is 140 Å². The number of aromatic nitrogens is 2. The van der Waals surface area contributed by atoms with Crippen LogP contribution < -0.4 is 9.62 Å². The lowest BCUT2D eigenvalue weighted by Gasteiger charge is -2.34. The Morgan fingerprint density at radius 1 is 1.04 bits per heavy atom. The van der Waals surface area contributed by atoms with Gasteiger partial charge < -0.3 is 9.80 Å². The molecule has 1 aliphatic heterocycles. The summed E-state index contributed by atoms with van der Waals surface area (Å²) < 4.78 is 27.1. The highest BCUT2D eigenvalue weighted by Gasteiger charge is 2.18. The highest BCUT2D eigenvalue weighted by atomic mass is 32.2. The molecule has 126 valence electrons. The predicted molar refractivity (Wildman–Crippen MR) is 89.1 cm³/mol. The number of amides is 1. The van der Waals surface area contributed by atoms with Crippen molar-refractivity contribution in [3.05, 3.63) is 42.9 Å². The van der Waals surface area contributed by atoms with Crippen molar-refractivity contribution < 1.29 is 13.2 Å². The third-order valence-electron chi connectivity index (χ3n) is 3.80. The van der Waals surface area contributed by atoms with E-state index in [9.17, 15) is 13.2 Å². The lowest BCUT2D eigenvalue weighted by molar-refractivity contribution is -0.118. The van der Waals surface area contributed by atoms with E-state index in [2.05, 4.69) is 19.6 Å². The number of hydrogen-bond donors (Lipinski definition) is 1. The average molecular weight is 347 g/mol. The maximum atomic E-state index is 12.3. The van der Waals surface area contributed by atoms with E-state index in [1.807, 2.05) is 0 Å². The van der Waals surface area contributed by atoms with Crippen LogP contribution >= 0.6 is 0 Å². The van der Waals surface area contributed by atoms with Gasteiger partial charge in [-0.3, -0.25) is 9.52 Å². The zero-order valence-corrected chi connectivity index (χ0v) is 13.7. The number of hydrogen-bond acceptors (Lipinski definition) is 6. The Morgan fingerprint density at radius 2 is 1.75 bits per heavy atom. The lowest BCUT2D eigenvalue weighted by Crippen LogP contribution is -2.45. The van der Waals surface area contributed by atoms with Crippen LogP contribution in [0.15, 0.2) is 47.8 Å². The van der Waals surface area contributed by atoms with Gasteiger partial charge in [0.25, 0.3) is 10.0 Å². The number of rotatable bonds is 5. The zero-order chi connectivity index (χ0) is 17.0. The minimum atomic E-state index is -3.69. The molecule has 1 aromatic heterocycles. The van der Waals surface area contributed by atoms with Gasteiger partial charge in [-0.1, -0.05) is 0 Å². The molecule has 1 fully saturated rings. The zero-order valence-electron chi connectivity index (χ0n) is 12.9. The lowest BCUT2D eigenvalue weighted by atomic mass is 10.2. The van der Waals surface area contributed by atoms with Crippen LogP contribution in [-0.4, -0.2) is 55.9 Å². The summed E-state index contributed by atoms with van der Waals surface area (Å²) in [5.74, 6) is 0.221. The van der Waals surface area contributed by atoms with E-state index >= 15 is 0 Å². The second-order valence-corrected chi connectivity index (χ2v) is 7.00. The number of nitrogens with one attached hydrogen (secondary N) is 1. The van der Waals surface area contributed by atoms with Gasteiger partial charge in [0.15, 0.2) is 0 Å². The molecule has 1 aliphatic rings. The van der Waals surface area contributed by atoms with Gasteiger partial charge >= 0.3 is 0 Å². The van der Waals surface area contributed by atoms with E-state index in [-0.39, 0.29) is 10.7 Å². The van der Waals surface area contributed by atoms with E-state index in [0.29, 0.717) is 13.1 Å². The molecule has 0 aliphatic carbocycles. The highest BCUT2D eigenvalue weighted by Crippen LogP contribution is 2.20. The van der Waals surface area contributed by atoms with E-state index in [1.165, 1.54) is 18.6 Å². The number of anilines is 2. The maximum Gasteiger partial charge on any atom is 0.263 e. The molecule has 0 unspecified atom stereocenters. The first-order chi connectivity index (χ1) is 11.6. The van der Waals surface area contributed by atoms with E-state index < -0.39 is 10.0 Å². The molecule has 2 aromatic rings. The third-order valence-corrected chi connectivity index (χ3v) is 5.17. The molecule has 24 heavy (non-hydrogen) atoms. The Balaban J connectivity index is 1.71. The normalized spacial score (nSPS) is 15.2. The van der Waals surface area contributed by atoms with Crippen LogP contribution in [0.25, 0.3) is 0 Å². The summed E-state index contributed by atoms with van der Waals surface area (Å²) in [5, 5.41) is 0. The van der Waals surface area contributed by atoms with Gasteiger partial charge in [-0.25, -0.2) is 18.4 Å². The molecule has 0 spiro atoms. The number of benzene rings is 1. The fourth-order valence-corrected chi connectivity index (χ4v) is 3.48. The Kier molecular flexibility index (Phi) is 4.61. The van der Waals surface area contributed by atoms with Crippen molar-refractivity contribution >= 4 is 27.9 Å². The monoisotopic (exact) mass is 347 g/mol. The molecule has 0 saturated carbocycles. The Hall–Kier alpha value is -2.68. The summed E-state index contributed by atoms with van der Waals surface area (Å²) in [6.07, 6.45) is 3.60. The number of piperazine rings is 1. The largest absolute Gasteiger partial charge is 0.368 e. The van der Waals surface area contributed by atoms with Crippen molar-refractivity contribution in [1.29, 1.82) is 0 Å².